The average Bonchev–Trinajstić information content (AvgIpc) is 2.43. The van der Waals surface area contributed by atoms with Gasteiger partial charge in [-0.1, -0.05) is 18.5 Å². The first-order valence-corrected chi connectivity index (χ1v) is 7.25. The molecule has 0 saturated heterocycles. The molecule has 1 aromatic carbocycles. The van der Waals surface area contributed by atoms with Gasteiger partial charge in [0.15, 0.2) is 0 Å². The molecule has 0 fully saturated rings. The maximum atomic E-state index is 10.8. The van der Waals surface area contributed by atoms with Gasteiger partial charge in [0.05, 0.1) is 13.2 Å². The van der Waals surface area contributed by atoms with Gasteiger partial charge in [-0.05, 0) is 44.0 Å². The van der Waals surface area contributed by atoms with Gasteiger partial charge in [0, 0.05) is 17.6 Å². The second-order valence-corrected chi connectivity index (χ2v) is 5.21. The zero-order valence-electron chi connectivity index (χ0n) is 12.0. The van der Waals surface area contributed by atoms with Crippen LogP contribution in [0.5, 0.6) is 5.75 Å². The van der Waals surface area contributed by atoms with Crippen molar-refractivity contribution < 1.29 is 14.6 Å². The van der Waals surface area contributed by atoms with Gasteiger partial charge < -0.3 is 9.84 Å². The fourth-order valence-electron chi connectivity index (χ4n) is 1.88. The van der Waals surface area contributed by atoms with Crippen molar-refractivity contribution in [1.82, 2.24) is 4.90 Å². The number of carbonyl (C=O) groups is 1. The summed E-state index contributed by atoms with van der Waals surface area (Å²) < 4.78 is 5.60. The minimum Gasteiger partial charge on any atom is -0.494 e. The van der Waals surface area contributed by atoms with Crippen molar-refractivity contribution in [1.29, 1.82) is 0 Å². The summed E-state index contributed by atoms with van der Waals surface area (Å²) in [7, 11) is 0. The molecule has 0 amide bonds. The minimum atomic E-state index is -0.788. The molecule has 1 aromatic rings. The van der Waals surface area contributed by atoms with Crippen LogP contribution in [0.25, 0.3) is 0 Å². The molecule has 20 heavy (non-hydrogen) atoms. The normalized spacial score (nSPS) is 12.4. The molecule has 1 unspecified atom stereocenters. The predicted molar refractivity (Wildman–Crippen MR) is 80.5 cm³/mol. The van der Waals surface area contributed by atoms with Crippen molar-refractivity contribution in [3.05, 3.63) is 29.3 Å². The zero-order valence-corrected chi connectivity index (χ0v) is 12.8. The summed E-state index contributed by atoms with van der Waals surface area (Å²) in [4.78, 5) is 12.8. The molecule has 1 atom stereocenters. The molecule has 0 aliphatic carbocycles. The van der Waals surface area contributed by atoms with Crippen molar-refractivity contribution in [2.45, 2.75) is 32.7 Å². The minimum absolute atomic E-state index is 0.0793. The summed E-state index contributed by atoms with van der Waals surface area (Å²) in [5, 5.41) is 9.59. The topological polar surface area (TPSA) is 49.8 Å². The van der Waals surface area contributed by atoms with Crippen LogP contribution in [-0.4, -0.2) is 41.7 Å². The fraction of sp³-hybridized carbons (Fsp3) is 0.533. The lowest BCUT2D eigenvalue weighted by Crippen LogP contribution is -2.38. The van der Waals surface area contributed by atoms with E-state index in [0.29, 0.717) is 11.6 Å². The highest BCUT2D eigenvalue weighted by Gasteiger charge is 2.14. The Bertz CT molecular complexity index is 408. The molecule has 0 saturated carbocycles. The van der Waals surface area contributed by atoms with E-state index in [0.717, 1.165) is 25.1 Å². The summed E-state index contributed by atoms with van der Waals surface area (Å²) >= 11 is 5.80. The van der Waals surface area contributed by atoms with E-state index in [4.69, 9.17) is 21.4 Å². The van der Waals surface area contributed by atoms with Crippen LogP contribution in [0.3, 0.4) is 0 Å². The highest BCUT2D eigenvalue weighted by atomic mass is 35.5. The SMILES string of the molecule is CCC(C)N(CCCOc1ccc(Cl)cc1)CC(=O)O. The lowest BCUT2D eigenvalue weighted by molar-refractivity contribution is -0.138. The quantitative estimate of drug-likeness (QED) is 0.711. The Morgan fingerprint density at radius 2 is 2.05 bits per heavy atom. The molecule has 0 aliphatic rings. The molecule has 4 nitrogen and oxygen atoms in total. The van der Waals surface area contributed by atoms with Gasteiger partial charge in [-0.2, -0.15) is 0 Å². The number of carboxylic acid groups (broad SMARTS) is 1. The maximum absolute atomic E-state index is 10.8. The zero-order chi connectivity index (χ0) is 15.0. The number of nitrogens with zero attached hydrogens (tertiary/aromatic N) is 1. The summed E-state index contributed by atoms with van der Waals surface area (Å²) in [5.41, 5.74) is 0. The average molecular weight is 300 g/mol. The molecule has 0 heterocycles. The molecule has 0 spiro atoms. The third kappa shape index (κ3) is 6.26. The second kappa shape index (κ2) is 8.82. The van der Waals surface area contributed by atoms with E-state index in [1.54, 1.807) is 12.1 Å². The van der Waals surface area contributed by atoms with Crippen molar-refractivity contribution >= 4 is 17.6 Å². The van der Waals surface area contributed by atoms with Crippen LogP contribution < -0.4 is 4.74 Å². The van der Waals surface area contributed by atoms with Gasteiger partial charge in [-0.25, -0.2) is 0 Å². The van der Waals surface area contributed by atoms with Crippen molar-refractivity contribution in [3.8, 4) is 5.75 Å². The number of hydrogen-bond donors (Lipinski definition) is 1. The van der Waals surface area contributed by atoms with Gasteiger partial charge in [-0.15, -0.1) is 0 Å². The Morgan fingerprint density at radius 1 is 1.40 bits per heavy atom. The number of carboxylic acids is 1. The van der Waals surface area contributed by atoms with Crippen molar-refractivity contribution in [2.75, 3.05) is 19.7 Å². The predicted octanol–water partition coefficient (Wildman–Crippen LogP) is 3.29. The molecular formula is C15H22ClNO3. The fourth-order valence-corrected chi connectivity index (χ4v) is 2.00. The van der Waals surface area contributed by atoms with E-state index >= 15 is 0 Å². The summed E-state index contributed by atoms with van der Waals surface area (Å²) in [6.45, 7) is 5.46. The van der Waals surface area contributed by atoms with Crippen LogP contribution in [0.15, 0.2) is 24.3 Å². The van der Waals surface area contributed by atoms with Crippen LogP contribution in [0, 0.1) is 0 Å². The Hall–Kier alpha value is -1.26. The monoisotopic (exact) mass is 299 g/mol. The van der Waals surface area contributed by atoms with Crippen LogP contribution in [0.4, 0.5) is 0 Å². The molecule has 1 rings (SSSR count). The summed E-state index contributed by atoms with van der Waals surface area (Å²) in [6, 6.07) is 7.49. The first-order valence-electron chi connectivity index (χ1n) is 6.87. The number of ether oxygens (including phenoxy) is 1. The third-order valence-electron chi connectivity index (χ3n) is 3.22. The molecule has 0 bridgehead atoms. The van der Waals surface area contributed by atoms with E-state index in [9.17, 15) is 4.79 Å². The highest BCUT2D eigenvalue weighted by Crippen LogP contribution is 2.15. The van der Waals surface area contributed by atoms with Crippen LogP contribution in [0.1, 0.15) is 26.7 Å². The van der Waals surface area contributed by atoms with E-state index < -0.39 is 5.97 Å². The lowest BCUT2D eigenvalue weighted by Gasteiger charge is -2.26. The molecule has 0 aromatic heterocycles. The molecule has 5 heteroatoms. The lowest BCUT2D eigenvalue weighted by atomic mass is 10.2. The standard InChI is InChI=1S/C15H22ClNO3/c1-3-12(2)17(11-15(18)19)9-4-10-20-14-7-5-13(16)6-8-14/h5-8,12H,3-4,9-11H2,1-2H3,(H,18,19). The first kappa shape index (κ1) is 16.8. The molecular weight excluding hydrogens is 278 g/mol. The van der Waals surface area contributed by atoms with Crippen molar-refractivity contribution in [3.63, 3.8) is 0 Å². The largest absolute Gasteiger partial charge is 0.494 e. The molecule has 0 aliphatic heterocycles. The smallest absolute Gasteiger partial charge is 0.317 e. The van der Waals surface area contributed by atoms with Gasteiger partial charge in [0.2, 0.25) is 0 Å². The third-order valence-corrected chi connectivity index (χ3v) is 3.48. The Balaban J connectivity index is 2.32. The Labute approximate surface area is 125 Å². The summed E-state index contributed by atoms with van der Waals surface area (Å²) in [5.74, 6) is -0.00774. The Morgan fingerprint density at radius 3 is 2.60 bits per heavy atom. The van der Waals surface area contributed by atoms with E-state index in [-0.39, 0.29) is 12.6 Å². The summed E-state index contributed by atoms with van der Waals surface area (Å²) in [6.07, 6.45) is 1.73. The number of aliphatic carboxylic acids is 1. The van der Waals surface area contributed by atoms with E-state index in [1.807, 2.05) is 24.0 Å². The number of hydrogen-bond acceptors (Lipinski definition) is 3. The highest BCUT2D eigenvalue weighted by molar-refractivity contribution is 6.30. The number of benzene rings is 1. The van der Waals surface area contributed by atoms with Gasteiger partial charge >= 0.3 is 5.97 Å². The van der Waals surface area contributed by atoms with Gasteiger partial charge in [0.25, 0.3) is 0 Å². The second-order valence-electron chi connectivity index (χ2n) is 4.78. The number of rotatable bonds is 9. The first-order chi connectivity index (χ1) is 9.52. The van der Waals surface area contributed by atoms with Crippen LogP contribution in [-0.2, 0) is 4.79 Å². The van der Waals surface area contributed by atoms with E-state index in [2.05, 4.69) is 6.92 Å². The van der Waals surface area contributed by atoms with Gasteiger partial charge in [-0.3, -0.25) is 9.69 Å². The molecule has 0 radical (unpaired) electrons. The number of halogens is 1. The van der Waals surface area contributed by atoms with Gasteiger partial charge in [0.1, 0.15) is 5.75 Å². The van der Waals surface area contributed by atoms with Crippen molar-refractivity contribution in [2.24, 2.45) is 0 Å². The maximum Gasteiger partial charge on any atom is 0.317 e. The van der Waals surface area contributed by atoms with E-state index in [1.165, 1.54) is 0 Å². The van der Waals surface area contributed by atoms with Crippen LogP contribution >= 0.6 is 11.6 Å². The molecule has 1 N–H and O–H groups in total. The molecule has 112 valence electrons. The van der Waals surface area contributed by atoms with Crippen LogP contribution in [0.2, 0.25) is 5.02 Å². The Kier molecular flexibility index (Phi) is 7.41.